The number of nitrogens with one attached hydrogen (secondary N) is 1. The molecule has 1 aliphatic rings. The minimum absolute atomic E-state index is 0.0796. The third-order valence-electron chi connectivity index (χ3n) is 5.36. The molecule has 0 bridgehead atoms. The van der Waals surface area contributed by atoms with Crippen molar-refractivity contribution in [2.75, 3.05) is 13.2 Å². The van der Waals surface area contributed by atoms with Crippen LogP contribution in [0.1, 0.15) is 37.3 Å². The number of amides is 1. The number of carboxylic acids is 1. The largest absolute Gasteiger partial charge is 0.480 e. The molecule has 158 valence electrons. The lowest BCUT2D eigenvalue weighted by atomic mass is 9.88. The Labute approximate surface area is 174 Å². The Bertz CT molecular complexity index is 922. The minimum atomic E-state index is -1.42. The molecule has 0 radical (unpaired) electrons. The maximum Gasteiger partial charge on any atom is 0.328 e. The van der Waals surface area contributed by atoms with E-state index in [2.05, 4.69) is 5.32 Å². The summed E-state index contributed by atoms with van der Waals surface area (Å²) in [6.07, 6.45) is -0.216. The van der Waals surface area contributed by atoms with Crippen molar-refractivity contribution in [1.29, 1.82) is 0 Å². The van der Waals surface area contributed by atoms with Gasteiger partial charge in [-0.05, 0) is 22.3 Å². The summed E-state index contributed by atoms with van der Waals surface area (Å²) >= 11 is 0. The molecule has 1 atom stereocenters. The average Bonchev–Trinajstić information content (AvgIpc) is 3.03. The molecule has 3 rings (SSSR count). The van der Waals surface area contributed by atoms with E-state index in [0.717, 1.165) is 22.3 Å². The first kappa shape index (κ1) is 21.5. The summed E-state index contributed by atoms with van der Waals surface area (Å²) in [6.45, 7) is 2.47. The van der Waals surface area contributed by atoms with Crippen molar-refractivity contribution in [3.8, 4) is 11.1 Å². The molecule has 2 aromatic carbocycles. The highest BCUT2D eigenvalue weighted by Crippen LogP contribution is 2.44. The second kappa shape index (κ2) is 8.67. The van der Waals surface area contributed by atoms with E-state index < -0.39 is 35.9 Å². The van der Waals surface area contributed by atoms with Gasteiger partial charge in [-0.2, -0.15) is 0 Å². The molecule has 30 heavy (non-hydrogen) atoms. The van der Waals surface area contributed by atoms with Gasteiger partial charge in [0.2, 0.25) is 5.91 Å². The number of carbonyl (C=O) groups is 3. The third-order valence-corrected chi connectivity index (χ3v) is 5.36. The number of carbonyl (C=O) groups excluding carboxylic acids is 2. The van der Waals surface area contributed by atoms with Crippen LogP contribution in [0.15, 0.2) is 48.5 Å². The number of ether oxygens (including phenoxy) is 1. The highest BCUT2D eigenvalue weighted by Gasteiger charge is 2.35. The summed E-state index contributed by atoms with van der Waals surface area (Å²) in [5.41, 5.74) is 3.24. The summed E-state index contributed by atoms with van der Waals surface area (Å²) in [7, 11) is 0. The van der Waals surface area contributed by atoms with Gasteiger partial charge in [-0.3, -0.25) is 9.59 Å². The number of rotatable bonds is 8. The van der Waals surface area contributed by atoms with Crippen molar-refractivity contribution >= 4 is 17.8 Å². The van der Waals surface area contributed by atoms with E-state index in [9.17, 15) is 14.4 Å². The van der Waals surface area contributed by atoms with E-state index in [4.69, 9.17) is 14.9 Å². The fraction of sp³-hybridized carbons (Fsp3) is 0.348. The first-order chi connectivity index (χ1) is 14.2. The second-order valence-corrected chi connectivity index (χ2v) is 8.02. The van der Waals surface area contributed by atoms with Crippen molar-refractivity contribution in [3.63, 3.8) is 0 Å². The number of aliphatic hydroxyl groups is 1. The lowest BCUT2D eigenvalue weighted by Crippen LogP contribution is -2.49. The number of esters is 1. The topological polar surface area (TPSA) is 113 Å². The van der Waals surface area contributed by atoms with Crippen LogP contribution >= 0.6 is 0 Å². The van der Waals surface area contributed by atoms with E-state index in [1.54, 1.807) is 0 Å². The predicted molar refractivity (Wildman–Crippen MR) is 110 cm³/mol. The quantitative estimate of drug-likeness (QED) is 0.575. The van der Waals surface area contributed by atoms with Crippen molar-refractivity contribution in [3.05, 3.63) is 59.7 Å². The molecule has 1 aliphatic carbocycles. The van der Waals surface area contributed by atoms with Crippen LogP contribution in [0.2, 0.25) is 0 Å². The Morgan fingerprint density at radius 3 is 2.07 bits per heavy atom. The zero-order chi connectivity index (χ0) is 21.9. The van der Waals surface area contributed by atoms with Crippen LogP contribution in [0.25, 0.3) is 11.1 Å². The molecule has 3 N–H and O–H groups in total. The molecule has 0 heterocycles. The molecule has 2 aromatic rings. The molecular weight excluding hydrogens is 386 g/mol. The zero-order valence-electron chi connectivity index (χ0n) is 16.9. The van der Waals surface area contributed by atoms with Crippen LogP contribution in [0.5, 0.6) is 0 Å². The van der Waals surface area contributed by atoms with Gasteiger partial charge >= 0.3 is 11.9 Å². The van der Waals surface area contributed by atoms with Gasteiger partial charge in [0.05, 0.1) is 18.4 Å². The Balaban J connectivity index is 1.65. The van der Waals surface area contributed by atoms with Gasteiger partial charge in [0, 0.05) is 5.92 Å². The first-order valence-corrected chi connectivity index (χ1v) is 9.73. The summed E-state index contributed by atoms with van der Waals surface area (Å²) in [4.78, 5) is 35.8. The van der Waals surface area contributed by atoms with Gasteiger partial charge in [-0.1, -0.05) is 62.4 Å². The molecular formula is C23H25NO6. The number of aliphatic carboxylic acids is 1. The van der Waals surface area contributed by atoms with Crippen LogP contribution in [-0.2, 0) is 19.1 Å². The van der Waals surface area contributed by atoms with Gasteiger partial charge in [0.25, 0.3) is 0 Å². The Morgan fingerprint density at radius 2 is 1.57 bits per heavy atom. The normalized spacial score (nSPS) is 13.8. The summed E-state index contributed by atoms with van der Waals surface area (Å²) in [5, 5.41) is 20.3. The predicted octanol–water partition coefficient (Wildman–Crippen LogP) is 2.32. The molecule has 7 heteroatoms. The zero-order valence-corrected chi connectivity index (χ0v) is 16.9. The monoisotopic (exact) mass is 411 g/mol. The maximum absolute atomic E-state index is 12.5. The van der Waals surface area contributed by atoms with Gasteiger partial charge in [0.15, 0.2) is 0 Å². The van der Waals surface area contributed by atoms with Gasteiger partial charge in [-0.15, -0.1) is 0 Å². The van der Waals surface area contributed by atoms with Crippen LogP contribution in [0.3, 0.4) is 0 Å². The Hall–Kier alpha value is -3.19. The molecule has 0 saturated carbocycles. The van der Waals surface area contributed by atoms with E-state index >= 15 is 0 Å². The second-order valence-electron chi connectivity index (χ2n) is 8.02. The lowest BCUT2D eigenvalue weighted by molar-refractivity contribution is -0.150. The molecule has 0 saturated heterocycles. The number of hydrogen-bond donors (Lipinski definition) is 3. The number of carboxylic acid groups (broad SMARTS) is 1. The van der Waals surface area contributed by atoms with E-state index in [0.29, 0.717) is 0 Å². The molecule has 0 fully saturated rings. The SMILES string of the molecule is CC(C)(CC(=O)OCC1c2ccccc2-c2ccccc21)C(=O)N[C@@H](CO)C(=O)O. The van der Waals surface area contributed by atoms with Crippen LogP contribution in [-0.4, -0.2) is 47.3 Å². The molecule has 0 aliphatic heterocycles. The number of hydrogen-bond acceptors (Lipinski definition) is 5. The molecule has 0 unspecified atom stereocenters. The molecule has 7 nitrogen and oxygen atoms in total. The van der Waals surface area contributed by atoms with Crippen molar-refractivity contribution in [2.45, 2.75) is 32.2 Å². The first-order valence-electron chi connectivity index (χ1n) is 9.73. The van der Waals surface area contributed by atoms with Crippen LogP contribution < -0.4 is 5.32 Å². The average molecular weight is 411 g/mol. The highest BCUT2D eigenvalue weighted by molar-refractivity contribution is 5.90. The van der Waals surface area contributed by atoms with Crippen molar-refractivity contribution < 1.29 is 29.3 Å². The minimum Gasteiger partial charge on any atom is -0.480 e. The van der Waals surface area contributed by atoms with Crippen molar-refractivity contribution in [1.82, 2.24) is 5.32 Å². The van der Waals surface area contributed by atoms with E-state index in [1.165, 1.54) is 13.8 Å². The standard InChI is InChI=1S/C23H25NO6/c1-23(2,22(29)24-19(12-25)21(27)28)11-20(26)30-13-18-16-9-5-3-7-14(16)15-8-4-6-10-17(15)18/h3-10,18-19,25H,11-13H2,1-2H3,(H,24,29)(H,27,28)/t19-/m0/s1. The third kappa shape index (κ3) is 4.36. The number of fused-ring (bicyclic) bond motifs is 3. The molecule has 0 aromatic heterocycles. The number of aliphatic hydroxyl groups excluding tert-OH is 1. The summed E-state index contributed by atoms with van der Waals surface area (Å²) < 4.78 is 5.52. The fourth-order valence-electron chi connectivity index (χ4n) is 3.65. The van der Waals surface area contributed by atoms with E-state index in [1.807, 2.05) is 48.5 Å². The Kier molecular flexibility index (Phi) is 6.22. The summed E-state index contributed by atoms with van der Waals surface area (Å²) in [5.74, 6) is -2.61. The maximum atomic E-state index is 12.5. The van der Waals surface area contributed by atoms with Crippen molar-refractivity contribution in [2.24, 2.45) is 5.41 Å². The highest BCUT2D eigenvalue weighted by atomic mass is 16.5. The summed E-state index contributed by atoms with van der Waals surface area (Å²) in [6, 6.07) is 14.6. The van der Waals surface area contributed by atoms with E-state index in [-0.39, 0.29) is 18.9 Å². The molecule has 0 spiro atoms. The fourth-order valence-corrected chi connectivity index (χ4v) is 3.65. The number of benzene rings is 2. The van der Waals surface area contributed by atoms with Gasteiger partial charge < -0.3 is 20.3 Å². The van der Waals surface area contributed by atoms with Crippen LogP contribution in [0.4, 0.5) is 0 Å². The van der Waals surface area contributed by atoms with Gasteiger partial charge in [-0.25, -0.2) is 4.79 Å². The smallest absolute Gasteiger partial charge is 0.328 e. The van der Waals surface area contributed by atoms with Gasteiger partial charge in [0.1, 0.15) is 12.6 Å². The Morgan fingerprint density at radius 1 is 1.03 bits per heavy atom. The molecule has 1 amide bonds. The van der Waals surface area contributed by atoms with Crippen LogP contribution in [0, 0.1) is 5.41 Å². The lowest BCUT2D eigenvalue weighted by Gasteiger charge is -2.25.